The van der Waals surface area contributed by atoms with Crippen LogP contribution in [0.25, 0.3) is 0 Å². The molecule has 0 fully saturated rings. The van der Waals surface area contributed by atoms with Crippen molar-refractivity contribution in [2.75, 3.05) is 0 Å². The Morgan fingerprint density at radius 2 is 0.946 bits per heavy atom. The summed E-state index contributed by atoms with van der Waals surface area (Å²) < 4.78 is 65.6. The number of nitro groups is 2. The summed E-state index contributed by atoms with van der Waals surface area (Å²) in [5, 5.41) is 22.9. The van der Waals surface area contributed by atoms with Gasteiger partial charge in [0, 0.05) is 24.0 Å². The maximum absolute atomic E-state index is 15.3. The second kappa shape index (κ2) is 10.4. The van der Waals surface area contributed by atoms with Crippen molar-refractivity contribution in [3.05, 3.63) is 139 Å². The van der Waals surface area contributed by atoms with E-state index in [4.69, 9.17) is 4.74 Å². The first kappa shape index (κ1) is 25.3. The molecule has 4 aromatic rings. The van der Waals surface area contributed by atoms with Gasteiger partial charge in [-0.15, -0.1) is 0 Å². The van der Waals surface area contributed by atoms with Gasteiger partial charge >= 0.3 is 11.4 Å². The van der Waals surface area contributed by atoms with E-state index in [1.54, 1.807) is 36.4 Å². The Labute approximate surface area is 206 Å². The standard InChI is InChI=1S/C26H16F4N2O5/c27-23-17(11-15-7-3-1-4-8-15)25(29)21(13-19(23)31(33)34)37-22-14-20(32(35)36)24(28)18(26(22)30)12-16-9-5-2-6-10-16/h1-10,13-14H,11-12H2. The van der Waals surface area contributed by atoms with E-state index in [0.717, 1.165) is 0 Å². The third kappa shape index (κ3) is 5.25. The van der Waals surface area contributed by atoms with E-state index in [2.05, 4.69) is 0 Å². The quantitative estimate of drug-likeness (QED) is 0.143. The minimum absolute atomic E-state index is 0.401. The van der Waals surface area contributed by atoms with E-state index in [9.17, 15) is 29.0 Å². The summed E-state index contributed by atoms with van der Waals surface area (Å²) in [6.07, 6.45) is -0.802. The van der Waals surface area contributed by atoms with Crippen LogP contribution in [0.15, 0.2) is 72.8 Å². The largest absolute Gasteiger partial charge is 0.451 e. The van der Waals surface area contributed by atoms with Crippen LogP contribution in [0.1, 0.15) is 22.3 Å². The SMILES string of the molecule is O=[N+]([O-])c1cc(Oc2cc([N+](=O)[O-])c(F)c(Cc3ccccc3)c2F)c(F)c(Cc2ccccc2)c1F. The van der Waals surface area contributed by atoms with Gasteiger partial charge in [0.2, 0.25) is 11.6 Å². The summed E-state index contributed by atoms with van der Waals surface area (Å²) in [5.74, 6) is -7.55. The maximum Gasteiger partial charge on any atom is 0.309 e. The van der Waals surface area contributed by atoms with Crippen molar-refractivity contribution in [3.63, 3.8) is 0 Å². The lowest BCUT2D eigenvalue weighted by molar-refractivity contribution is -0.387. The molecule has 7 nitrogen and oxygen atoms in total. The van der Waals surface area contributed by atoms with Gasteiger partial charge in [0.1, 0.15) is 0 Å². The molecule has 0 amide bonds. The van der Waals surface area contributed by atoms with Gasteiger partial charge in [0.15, 0.2) is 23.1 Å². The van der Waals surface area contributed by atoms with Crippen LogP contribution in [0.2, 0.25) is 0 Å². The lowest BCUT2D eigenvalue weighted by atomic mass is 10.0. The van der Waals surface area contributed by atoms with Crippen LogP contribution >= 0.6 is 0 Å². The number of benzene rings is 4. The number of hydrogen-bond donors (Lipinski definition) is 0. The Kier molecular flexibility index (Phi) is 7.14. The van der Waals surface area contributed by atoms with E-state index in [-0.39, 0.29) is 0 Å². The van der Waals surface area contributed by atoms with Crippen molar-refractivity contribution in [3.8, 4) is 11.5 Å². The van der Waals surface area contributed by atoms with Crippen LogP contribution in [0.4, 0.5) is 28.9 Å². The van der Waals surface area contributed by atoms with Crippen LogP contribution in [0.5, 0.6) is 11.5 Å². The van der Waals surface area contributed by atoms with Crippen LogP contribution in [-0.4, -0.2) is 9.85 Å². The summed E-state index contributed by atoms with van der Waals surface area (Å²) in [5.41, 5.74) is -2.91. The van der Waals surface area contributed by atoms with Gasteiger partial charge in [-0.25, -0.2) is 8.78 Å². The molecule has 0 spiro atoms. The molecule has 0 aromatic heterocycles. The van der Waals surface area contributed by atoms with E-state index in [0.29, 0.717) is 23.3 Å². The molecule has 188 valence electrons. The summed E-state index contributed by atoms with van der Waals surface area (Å²) in [4.78, 5) is 20.6. The van der Waals surface area contributed by atoms with Crippen LogP contribution in [0.3, 0.4) is 0 Å². The molecule has 0 saturated heterocycles. The van der Waals surface area contributed by atoms with Gasteiger partial charge in [-0.05, 0) is 11.1 Å². The predicted molar refractivity (Wildman–Crippen MR) is 125 cm³/mol. The average molecular weight is 512 g/mol. The van der Waals surface area contributed by atoms with Crippen LogP contribution in [-0.2, 0) is 12.8 Å². The van der Waals surface area contributed by atoms with Gasteiger partial charge < -0.3 is 4.74 Å². The molecule has 0 aliphatic heterocycles. The summed E-state index contributed by atoms with van der Waals surface area (Å²) in [6, 6.07) is 16.7. The maximum atomic E-state index is 15.3. The Balaban J connectivity index is 1.84. The fraction of sp³-hybridized carbons (Fsp3) is 0.0769. The summed E-state index contributed by atoms with van der Waals surface area (Å²) in [6.45, 7) is 0. The Morgan fingerprint density at radius 1 is 0.595 bits per heavy atom. The molecule has 4 rings (SSSR count). The number of rotatable bonds is 8. The highest BCUT2D eigenvalue weighted by atomic mass is 19.1. The zero-order valence-electron chi connectivity index (χ0n) is 18.8. The minimum Gasteiger partial charge on any atom is -0.451 e. The molecular formula is C26H16F4N2O5. The molecule has 0 bridgehead atoms. The first-order valence-corrected chi connectivity index (χ1v) is 10.7. The van der Waals surface area contributed by atoms with Crippen molar-refractivity contribution >= 4 is 11.4 Å². The smallest absolute Gasteiger partial charge is 0.309 e. The third-order valence-corrected chi connectivity index (χ3v) is 5.54. The highest BCUT2D eigenvalue weighted by Gasteiger charge is 2.30. The normalized spacial score (nSPS) is 10.8. The van der Waals surface area contributed by atoms with Crippen molar-refractivity contribution in [1.82, 2.24) is 0 Å². The molecular weight excluding hydrogens is 496 g/mol. The molecule has 0 atom stereocenters. The second-order valence-electron chi connectivity index (χ2n) is 7.94. The van der Waals surface area contributed by atoms with Gasteiger partial charge in [-0.2, -0.15) is 8.78 Å². The molecule has 0 heterocycles. The molecule has 0 aliphatic carbocycles. The molecule has 4 aromatic carbocycles. The lowest BCUT2D eigenvalue weighted by Gasteiger charge is -2.14. The minimum atomic E-state index is -1.45. The molecule has 0 aliphatic rings. The molecule has 0 unspecified atom stereocenters. The Hall–Kier alpha value is -4.80. The first-order chi connectivity index (χ1) is 17.7. The number of nitrogens with zero attached hydrogens (tertiary/aromatic N) is 2. The van der Waals surface area contributed by atoms with Gasteiger partial charge in [-0.1, -0.05) is 60.7 Å². The zero-order valence-corrected chi connectivity index (χ0v) is 18.8. The number of halogens is 4. The van der Waals surface area contributed by atoms with E-state index >= 15 is 8.78 Å². The highest BCUT2D eigenvalue weighted by Crippen LogP contribution is 2.39. The molecule has 0 saturated carbocycles. The van der Waals surface area contributed by atoms with Gasteiger partial charge in [0.25, 0.3) is 0 Å². The second-order valence-corrected chi connectivity index (χ2v) is 7.94. The number of hydrogen-bond acceptors (Lipinski definition) is 5. The first-order valence-electron chi connectivity index (χ1n) is 10.7. The van der Waals surface area contributed by atoms with Crippen LogP contribution in [0, 0.1) is 43.5 Å². The summed E-state index contributed by atoms with van der Waals surface area (Å²) >= 11 is 0. The Morgan fingerprint density at radius 3 is 1.27 bits per heavy atom. The number of nitro benzene ring substituents is 2. The lowest BCUT2D eigenvalue weighted by Crippen LogP contribution is -2.07. The average Bonchev–Trinajstić information content (AvgIpc) is 2.88. The number of ether oxygens (including phenoxy) is 1. The fourth-order valence-corrected chi connectivity index (χ4v) is 3.74. The van der Waals surface area contributed by atoms with Crippen molar-refractivity contribution in [1.29, 1.82) is 0 Å². The van der Waals surface area contributed by atoms with Crippen molar-refractivity contribution in [2.45, 2.75) is 12.8 Å². The Bertz CT molecular complexity index is 1390. The van der Waals surface area contributed by atoms with E-state index in [1.165, 1.54) is 24.3 Å². The van der Waals surface area contributed by atoms with Gasteiger partial charge in [-0.3, -0.25) is 20.2 Å². The predicted octanol–water partition coefficient (Wildman–Crippen LogP) is 7.03. The van der Waals surface area contributed by atoms with E-state index < -0.39 is 80.0 Å². The van der Waals surface area contributed by atoms with Crippen LogP contribution < -0.4 is 4.74 Å². The third-order valence-electron chi connectivity index (χ3n) is 5.54. The van der Waals surface area contributed by atoms with Crippen molar-refractivity contribution < 1.29 is 32.1 Å². The fourth-order valence-electron chi connectivity index (χ4n) is 3.74. The highest BCUT2D eigenvalue weighted by molar-refractivity contribution is 5.52. The molecule has 37 heavy (non-hydrogen) atoms. The zero-order chi connectivity index (χ0) is 26.7. The van der Waals surface area contributed by atoms with E-state index in [1.807, 2.05) is 0 Å². The monoisotopic (exact) mass is 512 g/mol. The van der Waals surface area contributed by atoms with Crippen molar-refractivity contribution in [2.24, 2.45) is 0 Å². The molecule has 0 radical (unpaired) electrons. The topological polar surface area (TPSA) is 95.5 Å². The molecule has 0 N–H and O–H groups in total. The van der Waals surface area contributed by atoms with Gasteiger partial charge in [0.05, 0.1) is 22.0 Å². The summed E-state index contributed by atoms with van der Waals surface area (Å²) in [7, 11) is 0. The molecule has 11 heteroatoms.